The molecular weight excluding hydrogens is 275 g/mol. The number of ether oxygens (including phenoxy) is 3. The molecule has 0 atom stereocenters. The molecule has 0 heterocycles. The molecule has 5 nitrogen and oxygen atoms in total. The smallest absolute Gasteiger partial charge is 0.203 e. The van der Waals surface area contributed by atoms with Crippen molar-refractivity contribution in [2.45, 2.75) is 0 Å². The lowest BCUT2D eigenvalue weighted by atomic mass is 10.2. The number of nitrogen functional groups attached to an aromatic ring is 1. The van der Waals surface area contributed by atoms with Gasteiger partial charge in [0.1, 0.15) is 5.82 Å². The van der Waals surface area contributed by atoms with Crippen molar-refractivity contribution in [1.82, 2.24) is 0 Å². The van der Waals surface area contributed by atoms with Crippen LogP contribution in [0.25, 0.3) is 0 Å². The van der Waals surface area contributed by atoms with Gasteiger partial charge in [-0.1, -0.05) is 0 Å². The topological polar surface area (TPSA) is 65.7 Å². The van der Waals surface area contributed by atoms with E-state index >= 15 is 0 Å². The van der Waals surface area contributed by atoms with Crippen LogP contribution >= 0.6 is 0 Å². The minimum atomic E-state index is -0.441. The van der Waals surface area contributed by atoms with Gasteiger partial charge in [0.25, 0.3) is 0 Å². The lowest BCUT2D eigenvalue weighted by Crippen LogP contribution is -1.99. The van der Waals surface area contributed by atoms with Gasteiger partial charge in [0.15, 0.2) is 11.5 Å². The van der Waals surface area contributed by atoms with E-state index in [0.717, 1.165) is 0 Å². The van der Waals surface area contributed by atoms with Gasteiger partial charge in [-0.25, -0.2) is 4.39 Å². The molecule has 0 aliphatic rings. The number of benzene rings is 2. The summed E-state index contributed by atoms with van der Waals surface area (Å²) in [4.78, 5) is 0. The summed E-state index contributed by atoms with van der Waals surface area (Å²) >= 11 is 0. The monoisotopic (exact) mass is 292 g/mol. The van der Waals surface area contributed by atoms with Gasteiger partial charge in [-0.2, -0.15) is 0 Å². The van der Waals surface area contributed by atoms with Crippen LogP contribution in [-0.4, -0.2) is 21.3 Å². The quantitative estimate of drug-likeness (QED) is 0.829. The molecule has 3 N–H and O–H groups in total. The van der Waals surface area contributed by atoms with E-state index in [1.807, 2.05) is 0 Å². The van der Waals surface area contributed by atoms with Crippen LogP contribution in [0.2, 0.25) is 0 Å². The molecule has 2 rings (SSSR count). The molecule has 0 amide bonds. The van der Waals surface area contributed by atoms with Crippen LogP contribution in [0.5, 0.6) is 17.2 Å². The van der Waals surface area contributed by atoms with Crippen LogP contribution in [0.4, 0.5) is 21.5 Å². The molecule has 0 unspecified atom stereocenters. The minimum Gasteiger partial charge on any atom is -0.493 e. The number of methoxy groups -OCH3 is 3. The van der Waals surface area contributed by atoms with Gasteiger partial charge in [-0.05, 0) is 18.2 Å². The van der Waals surface area contributed by atoms with Crippen LogP contribution in [0.1, 0.15) is 0 Å². The molecule has 112 valence electrons. The summed E-state index contributed by atoms with van der Waals surface area (Å²) in [6.07, 6.45) is 0. The first-order valence-corrected chi connectivity index (χ1v) is 6.21. The van der Waals surface area contributed by atoms with E-state index in [1.54, 1.807) is 24.3 Å². The second-order valence-corrected chi connectivity index (χ2v) is 4.28. The second kappa shape index (κ2) is 6.21. The number of nitrogens with two attached hydrogens (primary N) is 1. The van der Waals surface area contributed by atoms with E-state index in [9.17, 15) is 4.39 Å². The van der Waals surface area contributed by atoms with Crippen LogP contribution in [0.3, 0.4) is 0 Å². The third-order valence-electron chi connectivity index (χ3n) is 2.94. The van der Waals surface area contributed by atoms with Gasteiger partial charge in [-0.3, -0.25) is 0 Å². The number of nitrogens with one attached hydrogen (secondary N) is 1. The lowest BCUT2D eigenvalue weighted by Gasteiger charge is -2.15. The summed E-state index contributed by atoms with van der Waals surface area (Å²) in [7, 11) is 4.56. The summed E-state index contributed by atoms with van der Waals surface area (Å²) in [6, 6.07) is 7.81. The molecule has 0 fully saturated rings. The van der Waals surface area contributed by atoms with Crippen molar-refractivity contribution >= 4 is 17.1 Å². The molecule has 0 aromatic heterocycles. The summed E-state index contributed by atoms with van der Waals surface area (Å²) in [5, 5.41) is 2.95. The first-order chi connectivity index (χ1) is 10.1. The average molecular weight is 292 g/mol. The van der Waals surface area contributed by atoms with Crippen molar-refractivity contribution < 1.29 is 18.6 Å². The van der Waals surface area contributed by atoms with Gasteiger partial charge in [0, 0.05) is 23.5 Å². The number of hydrogen-bond donors (Lipinski definition) is 2. The fourth-order valence-electron chi connectivity index (χ4n) is 1.94. The van der Waals surface area contributed by atoms with E-state index in [-0.39, 0.29) is 0 Å². The highest BCUT2D eigenvalue weighted by atomic mass is 19.1. The Morgan fingerprint density at radius 3 is 2.05 bits per heavy atom. The summed E-state index contributed by atoms with van der Waals surface area (Å²) in [5.41, 5.74) is 6.80. The molecular formula is C15H17FN2O3. The summed E-state index contributed by atoms with van der Waals surface area (Å²) in [6.45, 7) is 0. The highest BCUT2D eigenvalue weighted by Crippen LogP contribution is 2.40. The molecule has 0 aliphatic heterocycles. The van der Waals surface area contributed by atoms with Gasteiger partial charge >= 0.3 is 0 Å². The number of rotatable bonds is 5. The number of anilines is 3. The van der Waals surface area contributed by atoms with Crippen molar-refractivity contribution in [3.8, 4) is 17.2 Å². The Hall–Kier alpha value is -2.63. The van der Waals surface area contributed by atoms with E-state index in [2.05, 4.69) is 5.32 Å². The highest BCUT2D eigenvalue weighted by Gasteiger charge is 2.14. The molecule has 0 saturated carbocycles. The van der Waals surface area contributed by atoms with Crippen LogP contribution in [-0.2, 0) is 0 Å². The van der Waals surface area contributed by atoms with E-state index < -0.39 is 5.82 Å². The van der Waals surface area contributed by atoms with Crippen molar-refractivity contribution in [1.29, 1.82) is 0 Å². The van der Waals surface area contributed by atoms with Crippen molar-refractivity contribution in [2.75, 3.05) is 32.4 Å². The maximum absolute atomic E-state index is 13.8. The number of hydrogen-bond acceptors (Lipinski definition) is 5. The van der Waals surface area contributed by atoms with Crippen molar-refractivity contribution in [3.63, 3.8) is 0 Å². The van der Waals surface area contributed by atoms with E-state index in [0.29, 0.717) is 34.3 Å². The van der Waals surface area contributed by atoms with Gasteiger partial charge < -0.3 is 25.3 Å². The molecule has 6 heteroatoms. The SMILES string of the molecule is COc1cc(Nc2ccc(N)cc2F)cc(OC)c1OC. The number of halogens is 1. The average Bonchev–Trinajstić information content (AvgIpc) is 2.49. The van der Waals surface area contributed by atoms with Gasteiger partial charge in [-0.15, -0.1) is 0 Å². The summed E-state index contributed by atoms with van der Waals surface area (Å²) in [5.74, 6) is 0.998. The molecule has 2 aromatic carbocycles. The Morgan fingerprint density at radius 2 is 1.57 bits per heavy atom. The maximum Gasteiger partial charge on any atom is 0.203 e. The van der Waals surface area contributed by atoms with Crippen LogP contribution in [0, 0.1) is 5.82 Å². The molecule has 0 bridgehead atoms. The fraction of sp³-hybridized carbons (Fsp3) is 0.200. The Balaban J connectivity index is 2.40. The van der Waals surface area contributed by atoms with Crippen LogP contribution < -0.4 is 25.3 Å². The largest absolute Gasteiger partial charge is 0.493 e. The van der Waals surface area contributed by atoms with Gasteiger partial charge in [0.05, 0.1) is 27.0 Å². The van der Waals surface area contributed by atoms with Crippen molar-refractivity contribution in [3.05, 3.63) is 36.1 Å². The Morgan fingerprint density at radius 1 is 0.952 bits per heavy atom. The summed E-state index contributed by atoms with van der Waals surface area (Å²) < 4.78 is 29.5. The molecule has 21 heavy (non-hydrogen) atoms. The molecule has 2 aromatic rings. The zero-order chi connectivity index (χ0) is 15.4. The van der Waals surface area contributed by atoms with E-state index in [4.69, 9.17) is 19.9 Å². The second-order valence-electron chi connectivity index (χ2n) is 4.28. The predicted molar refractivity (Wildman–Crippen MR) is 80.2 cm³/mol. The first kappa shape index (κ1) is 14.8. The molecule has 0 saturated heterocycles. The third kappa shape index (κ3) is 3.10. The lowest BCUT2D eigenvalue weighted by molar-refractivity contribution is 0.324. The van der Waals surface area contributed by atoms with Crippen molar-refractivity contribution in [2.24, 2.45) is 0 Å². The fourth-order valence-corrected chi connectivity index (χ4v) is 1.94. The Labute approximate surface area is 122 Å². The third-order valence-corrected chi connectivity index (χ3v) is 2.94. The molecule has 0 aliphatic carbocycles. The zero-order valence-electron chi connectivity index (χ0n) is 12.1. The Kier molecular flexibility index (Phi) is 4.37. The Bertz CT molecular complexity index is 622. The normalized spacial score (nSPS) is 10.1. The van der Waals surface area contributed by atoms with E-state index in [1.165, 1.54) is 27.4 Å². The predicted octanol–water partition coefficient (Wildman–Crippen LogP) is 3.18. The van der Waals surface area contributed by atoms with Gasteiger partial charge in [0.2, 0.25) is 5.75 Å². The highest BCUT2D eigenvalue weighted by molar-refractivity contribution is 5.69. The first-order valence-electron chi connectivity index (χ1n) is 6.21. The zero-order valence-corrected chi connectivity index (χ0v) is 12.1. The minimum absolute atomic E-state index is 0.304. The standard InChI is InChI=1S/C15H17FN2O3/c1-19-13-7-10(8-14(20-2)15(13)21-3)18-12-5-4-9(17)6-11(12)16/h4-8,18H,17H2,1-3H3. The molecule has 0 radical (unpaired) electrons. The van der Waals surface area contributed by atoms with Crippen LogP contribution in [0.15, 0.2) is 30.3 Å². The molecule has 0 spiro atoms. The maximum atomic E-state index is 13.8.